The highest BCUT2D eigenvalue weighted by Gasteiger charge is 1.94. The van der Waals surface area contributed by atoms with Crippen molar-refractivity contribution >= 4 is 0 Å². The normalized spacial score (nSPS) is 10.9. The molecule has 0 nitrogen and oxygen atoms in total. The van der Waals surface area contributed by atoms with E-state index in [9.17, 15) is 0 Å². The molecular weight excluding hydrogens is 264 g/mol. The molecule has 0 heteroatoms. The molecule has 0 heterocycles. The van der Waals surface area contributed by atoms with Gasteiger partial charge in [-0.25, -0.2) is 0 Å². The zero-order valence-electron chi connectivity index (χ0n) is 16.1. The molecule has 0 radical (unpaired) electrons. The maximum atomic E-state index is 2.38. The largest absolute Gasteiger partial charge is 0.0859 e. The van der Waals surface area contributed by atoms with Crippen LogP contribution in [0.15, 0.2) is 11.6 Å². The first kappa shape index (κ1) is 21.7. The molecule has 0 aromatic rings. The summed E-state index contributed by atoms with van der Waals surface area (Å²) in [4.78, 5) is 0. The number of allylic oxidation sites excluding steroid dienone is 2. The van der Waals surface area contributed by atoms with Gasteiger partial charge < -0.3 is 0 Å². The molecule has 0 bridgehead atoms. The van der Waals surface area contributed by atoms with Crippen molar-refractivity contribution in [1.82, 2.24) is 0 Å². The predicted octanol–water partition coefficient (Wildman–Crippen LogP) is 8.60. The summed E-state index contributed by atoms with van der Waals surface area (Å²) in [5.74, 6) is 0. The molecule has 0 aliphatic rings. The van der Waals surface area contributed by atoms with Crippen molar-refractivity contribution in [3.63, 3.8) is 0 Å². The van der Waals surface area contributed by atoms with E-state index in [1.165, 1.54) is 115 Å². The Morgan fingerprint density at radius 3 is 1.14 bits per heavy atom. The van der Waals surface area contributed by atoms with Gasteiger partial charge in [0.05, 0.1) is 0 Å². The summed E-state index contributed by atoms with van der Waals surface area (Å²) < 4.78 is 0. The Hall–Kier alpha value is -0.260. The molecule has 0 saturated heterocycles. The summed E-state index contributed by atoms with van der Waals surface area (Å²) in [6.45, 7) is 6.70. The molecular formula is C22H44. The summed E-state index contributed by atoms with van der Waals surface area (Å²) >= 11 is 0. The molecule has 0 rings (SSSR count). The maximum absolute atomic E-state index is 2.38. The van der Waals surface area contributed by atoms with Gasteiger partial charge in [-0.05, 0) is 26.7 Å². The monoisotopic (exact) mass is 308 g/mol. The van der Waals surface area contributed by atoms with Crippen LogP contribution in [0.3, 0.4) is 0 Å². The molecule has 0 unspecified atom stereocenters. The summed E-state index contributed by atoms with van der Waals surface area (Å²) in [6.07, 6.45) is 27.0. The van der Waals surface area contributed by atoms with E-state index in [0.29, 0.717) is 0 Å². The fourth-order valence-electron chi connectivity index (χ4n) is 3.08. The van der Waals surface area contributed by atoms with Gasteiger partial charge in [0.1, 0.15) is 0 Å². The zero-order chi connectivity index (χ0) is 16.3. The SMILES string of the molecule is CCCCCCCCCCCCCCCCCCC=C(C)C. The van der Waals surface area contributed by atoms with Gasteiger partial charge in [0.15, 0.2) is 0 Å². The van der Waals surface area contributed by atoms with E-state index in [2.05, 4.69) is 26.8 Å². The Morgan fingerprint density at radius 1 is 0.500 bits per heavy atom. The van der Waals surface area contributed by atoms with Gasteiger partial charge in [-0.15, -0.1) is 0 Å². The fraction of sp³-hybridized carbons (Fsp3) is 0.909. The van der Waals surface area contributed by atoms with Crippen molar-refractivity contribution in [1.29, 1.82) is 0 Å². The van der Waals surface area contributed by atoms with E-state index in [-0.39, 0.29) is 0 Å². The molecule has 0 aromatic heterocycles. The molecule has 0 saturated carbocycles. The summed E-state index contributed by atoms with van der Waals surface area (Å²) in [6, 6.07) is 0. The van der Waals surface area contributed by atoms with E-state index in [1.54, 1.807) is 0 Å². The number of hydrogen-bond donors (Lipinski definition) is 0. The molecule has 0 amide bonds. The van der Waals surface area contributed by atoms with Crippen LogP contribution in [-0.4, -0.2) is 0 Å². The third kappa shape index (κ3) is 19.7. The number of unbranched alkanes of at least 4 members (excludes halogenated alkanes) is 16. The molecule has 22 heavy (non-hydrogen) atoms. The van der Waals surface area contributed by atoms with E-state index in [0.717, 1.165) is 0 Å². The second-order valence-electron chi connectivity index (χ2n) is 7.37. The van der Waals surface area contributed by atoms with Gasteiger partial charge in [-0.1, -0.05) is 115 Å². The lowest BCUT2D eigenvalue weighted by Gasteiger charge is -2.03. The Morgan fingerprint density at radius 2 is 0.818 bits per heavy atom. The summed E-state index contributed by atoms with van der Waals surface area (Å²) in [7, 11) is 0. The molecule has 132 valence electrons. The van der Waals surface area contributed by atoms with E-state index < -0.39 is 0 Å². The lowest BCUT2D eigenvalue weighted by Crippen LogP contribution is -1.83. The smallest absolute Gasteiger partial charge is 0.0348 e. The first-order chi connectivity index (χ1) is 10.8. The van der Waals surface area contributed by atoms with Crippen molar-refractivity contribution in [3.8, 4) is 0 Å². The summed E-state index contributed by atoms with van der Waals surface area (Å²) in [5, 5.41) is 0. The van der Waals surface area contributed by atoms with Crippen molar-refractivity contribution in [2.75, 3.05) is 0 Å². The van der Waals surface area contributed by atoms with Crippen molar-refractivity contribution < 1.29 is 0 Å². The highest BCUT2D eigenvalue weighted by Crippen LogP contribution is 2.14. The highest BCUT2D eigenvalue weighted by molar-refractivity contribution is 4.92. The third-order valence-electron chi connectivity index (χ3n) is 4.61. The van der Waals surface area contributed by atoms with E-state index in [1.807, 2.05) is 0 Å². The molecule has 0 aliphatic carbocycles. The second-order valence-corrected chi connectivity index (χ2v) is 7.37. The van der Waals surface area contributed by atoms with Crippen LogP contribution in [0.1, 0.15) is 130 Å². The minimum atomic E-state index is 1.29. The van der Waals surface area contributed by atoms with Gasteiger partial charge in [0.25, 0.3) is 0 Å². The van der Waals surface area contributed by atoms with Crippen LogP contribution in [-0.2, 0) is 0 Å². The van der Waals surface area contributed by atoms with Crippen molar-refractivity contribution in [2.24, 2.45) is 0 Å². The van der Waals surface area contributed by atoms with Crippen LogP contribution in [0.5, 0.6) is 0 Å². The standard InChI is InChI=1S/C22H44/c1-4-5-6-7-8-9-10-11-12-13-14-15-16-17-18-19-20-21-22(2)3/h21H,4-20H2,1-3H3. The summed E-state index contributed by atoms with van der Waals surface area (Å²) in [5.41, 5.74) is 1.47. The minimum absolute atomic E-state index is 1.29. The molecule has 0 aromatic carbocycles. The minimum Gasteiger partial charge on any atom is -0.0859 e. The number of rotatable bonds is 17. The number of hydrogen-bond acceptors (Lipinski definition) is 0. The van der Waals surface area contributed by atoms with Crippen LogP contribution in [0.25, 0.3) is 0 Å². The lowest BCUT2D eigenvalue weighted by molar-refractivity contribution is 0.530. The van der Waals surface area contributed by atoms with E-state index >= 15 is 0 Å². The predicted molar refractivity (Wildman–Crippen MR) is 104 cm³/mol. The van der Waals surface area contributed by atoms with Crippen molar-refractivity contribution in [3.05, 3.63) is 11.6 Å². The molecule has 0 aliphatic heterocycles. The average molecular weight is 309 g/mol. The molecule has 0 spiro atoms. The Bertz CT molecular complexity index is 222. The zero-order valence-corrected chi connectivity index (χ0v) is 16.1. The lowest BCUT2D eigenvalue weighted by atomic mass is 10.0. The van der Waals surface area contributed by atoms with Gasteiger partial charge >= 0.3 is 0 Å². The van der Waals surface area contributed by atoms with Gasteiger partial charge in [0.2, 0.25) is 0 Å². The first-order valence-electron chi connectivity index (χ1n) is 10.4. The topological polar surface area (TPSA) is 0 Å². The van der Waals surface area contributed by atoms with Crippen LogP contribution in [0.4, 0.5) is 0 Å². The van der Waals surface area contributed by atoms with Crippen LogP contribution in [0, 0.1) is 0 Å². The Balaban J connectivity index is 2.98. The highest BCUT2D eigenvalue weighted by atomic mass is 14.0. The van der Waals surface area contributed by atoms with E-state index in [4.69, 9.17) is 0 Å². The molecule has 0 fully saturated rings. The van der Waals surface area contributed by atoms with Crippen LogP contribution in [0.2, 0.25) is 0 Å². The molecule has 0 atom stereocenters. The first-order valence-corrected chi connectivity index (χ1v) is 10.4. The third-order valence-corrected chi connectivity index (χ3v) is 4.61. The van der Waals surface area contributed by atoms with Gasteiger partial charge in [-0.2, -0.15) is 0 Å². The van der Waals surface area contributed by atoms with Crippen LogP contribution >= 0.6 is 0 Å². The van der Waals surface area contributed by atoms with Crippen molar-refractivity contribution in [2.45, 2.75) is 130 Å². The Kier molecular flexibility index (Phi) is 18.6. The van der Waals surface area contributed by atoms with Gasteiger partial charge in [-0.3, -0.25) is 0 Å². The quantitative estimate of drug-likeness (QED) is 0.186. The average Bonchev–Trinajstić information content (AvgIpc) is 2.50. The second kappa shape index (κ2) is 18.8. The maximum Gasteiger partial charge on any atom is -0.0348 e. The Labute approximate surface area is 142 Å². The van der Waals surface area contributed by atoms with Gasteiger partial charge in [0, 0.05) is 0 Å². The molecule has 0 N–H and O–H groups in total. The van der Waals surface area contributed by atoms with Crippen LogP contribution < -0.4 is 0 Å². The fourth-order valence-corrected chi connectivity index (χ4v) is 3.08.